The van der Waals surface area contributed by atoms with Gasteiger partial charge in [-0.3, -0.25) is 0 Å². The van der Waals surface area contributed by atoms with Crippen molar-refractivity contribution in [3.8, 4) is 11.5 Å². The second-order valence-corrected chi connectivity index (χ2v) is 7.50. The third kappa shape index (κ3) is 5.49. The highest BCUT2D eigenvalue weighted by molar-refractivity contribution is 6.32. The van der Waals surface area contributed by atoms with Crippen molar-refractivity contribution in [3.63, 3.8) is 0 Å². The van der Waals surface area contributed by atoms with Crippen LogP contribution in [0.3, 0.4) is 0 Å². The predicted molar refractivity (Wildman–Crippen MR) is 120 cm³/mol. The number of ether oxygens (including phenoxy) is 2. The molecule has 34 heavy (non-hydrogen) atoms. The zero-order valence-corrected chi connectivity index (χ0v) is 18.1. The van der Waals surface area contributed by atoms with E-state index < -0.39 is 17.8 Å². The summed E-state index contributed by atoms with van der Waals surface area (Å²) in [4.78, 5) is 19.6. The van der Waals surface area contributed by atoms with E-state index in [2.05, 4.69) is 20.6 Å². The number of hydrogen-bond donors (Lipinski definition) is 3. The molecule has 0 fully saturated rings. The molecule has 1 aliphatic heterocycles. The van der Waals surface area contributed by atoms with E-state index in [0.29, 0.717) is 41.6 Å². The van der Waals surface area contributed by atoms with E-state index in [1.807, 2.05) is 0 Å². The molecule has 1 aliphatic rings. The van der Waals surface area contributed by atoms with Gasteiger partial charge in [-0.1, -0.05) is 17.7 Å². The average Bonchev–Trinajstić information content (AvgIpc) is 2.97. The molecule has 0 unspecified atom stereocenters. The number of benzene rings is 2. The van der Waals surface area contributed by atoms with Gasteiger partial charge >= 0.3 is 12.3 Å². The van der Waals surface area contributed by atoms with Gasteiger partial charge in [-0.15, -0.1) is 0 Å². The van der Waals surface area contributed by atoms with E-state index in [4.69, 9.17) is 26.8 Å². The maximum Gasteiger partial charge on any atom is 0.416 e. The van der Waals surface area contributed by atoms with Crippen molar-refractivity contribution in [1.29, 1.82) is 0 Å². The molecule has 3 aromatic rings. The van der Waals surface area contributed by atoms with Crippen molar-refractivity contribution >= 4 is 41.1 Å². The van der Waals surface area contributed by atoms with Crippen molar-refractivity contribution in [2.75, 3.05) is 17.2 Å². The normalized spacial score (nSPS) is 13.1. The Balaban J connectivity index is 1.57. The lowest BCUT2D eigenvalue weighted by atomic mass is 10.2. The number of nitrogens with two attached hydrogens (primary N) is 1. The van der Waals surface area contributed by atoms with Crippen LogP contribution in [0.4, 0.5) is 35.3 Å². The molecule has 0 bridgehead atoms. The van der Waals surface area contributed by atoms with Crippen molar-refractivity contribution in [3.05, 3.63) is 70.7 Å². The number of halogens is 4. The van der Waals surface area contributed by atoms with Crippen molar-refractivity contribution in [2.45, 2.75) is 12.6 Å². The standard InChI is InChI=1S/C22H17ClF3N5O3/c23-17-9-13(4-5-18(17)33-14-3-1-2-12(8-14)22(24,25)26)31-20-16-10-15(34-21(27)32)6-7-28-19(16)29-11-30-20/h1-5,8-11H,6-7H2,(H2,27,32)(H2,28,29,30,31). The number of hydrogen-bond acceptors (Lipinski definition) is 7. The van der Waals surface area contributed by atoms with Gasteiger partial charge in [0.25, 0.3) is 0 Å². The maximum absolute atomic E-state index is 12.9. The Morgan fingerprint density at radius 3 is 2.74 bits per heavy atom. The minimum absolute atomic E-state index is 0.00301. The molecule has 0 saturated carbocycles. The SMILES string of the molecule is NC(=O)OC1=Cc2c(ncnc2Nc2ccc(Oc3cccc(C(F)(F)F)c3)c(Cl)c2)NCC1. The third-order valence-electron chi connectivity index (χ3n) is 4.67. The van der Waals surface area contributed by atoms with E-state index >= 15 is 0 Å². The number of rotatable bonds is 5. The molecular formula is C22H17ClF3N5O3. The van der Waals surface area contributed by atoms with Crippen LogP contribution in [-0.2, 0) is 10.9 Å². The molecule has 0 spiro atoms. The lowest BCUT2D eigenvalue weighted by molar-refractivity contribution is -0.137. The Bertz CT molecular complexity index is 1270. The highest BCUT2D eigenvalue weighted by Gasteiger charge is 2.30. The van der Waals surface area contributed by atoms with Crippen LogP contribution in [0.25, 0.3) is 6.08 Å². The van der Waals surface area contributed by atoms with Gasteiger partial charge in [0.05, 0.1) is 16.1 Å². The minimum atomic E-state index is -4.49. The Kier molecular flexibility index (Phi) is 6.46. The number of primary amides is 1. The van der Waals surface area contributed by atoms with Gasteiger partial charge in [0, 0.05) is 18.7 Å². The van der Waals surface area contributed by atoms with E-state index in [1.165, 1.54) is 30.6 Å². The fourth-order valence-corrected chi connectivity index (χ4v) is 3.40. The number of amides is 1. The molecule has 2 heterocycles. The van der Waals surface area contributed by atoms with Gasteiger partial charge in [-0.25, -0.2) is 14.8 Å². The average molecular weight is 492 g/mol. The number of anilines is 3. The smallest absolute Gasteiger partial charge is 0.416 e. The molecule has 0 atom stereocenters. The summed E-state index contributed by atoms with van der Waals surface area (Å²) >= 11 is 6.31. The molecule has 8 nitrogen and oxygen atoms in total. The third-order valence-corrected chi connectivity index (χ3v) is 4.96. The number of carbonyl (C=O) groups is 1. The number of aromatic nitrogens is 2. The minimum Gasteiger partial charge on any atom is -0.456 e. The van der Waals surface area contributed by atoms with Gasteiger partial charge in [0.15, 0.2) is 0 Å². The number of nitrogens with zero attached hydrogens (tertiary/aromatic N) is 2. The van der Waals surface area contributed by atoms with Crippen LogP contribution in [0.15, 0.2) is 54.6 Å². The van der Waals surface area contributed by atoms with Gasteiger partial charge in [0.2, 0.25) is 0 Å². The second kappa shape index (κ2) is 9.48. The fraction of sp³-hybridized carbons (Fsp3) is 0.136. The second-order valence-electron chi connectivity index (χ2n) is 7.09. The summed E-state index contributed by atoms with van der Waals surface area (Å²) in [7, 11) is 0. The van der Waals surface area contributed by atoms with Crippen LogP contribution < -0.4 is 21.1 Å². The molecule has 176 valence electrons. The Morgan fingerprint density at radius 1 is 1.18 bits per heavy atom. The van der Waals surface area contributed by atoms with Crippen molar-refractivity contribution in [1.82, 2.24) is 9.97 Å². The van der Waals surface area contributed by atoms with Crippen LogP contribution in [0, 0.1) is 0 Å². The zero-order chi connectivity index (χ0) is 24.3. The van der Waals surface area contributed by atoms with Crippen molar-refractivity contribution < 1.29 is 27.4 Å². The summed E-state index contributed by atoms with van der Waals surface area (Å²) in [5, 5.41) is 6.38. The van der Waals surface area contributed by atoms with Gasteiger partial charge in [-0.2, -0.15) is 13.2 Å². The molecule has 4 N–H and O–H groups in total. The largest absolute Gasteiger partial charge is 0.456 e. The highest BCUT2D eigenvalue weighted by atomic mass is 35.5. The van der Waals surface area contributed by atoms with Crippen LogP contribution in [-0.4, -0.2) is 22.6 Å². The topological polar surface area (TPSA) is 111 Å². The number of alkyl halides is 3. The fourth-order valence-electron chi connectivity index (χ4n) is 3.18. The lowest BCUT2D eigenvalue weighted by Crippen LogP contribution is -2.13. The molecule has 0 aliphatic carbocycles. The summed E-state index contributed by atoms with van der Waals surface area (Å²) in [6, 6.07) is 9.17. The molecule has 2 aromatic carbocycles. The van der Waals surface area contributed by atoms with Gasteiger partial charge < -0.3 is 25.8 Å². The molecule has 1 amide bonds. The summed E-state index contributed by atoms with van der Waals surface area (Å²) in [6.45, 7) is 0.468. The summed E-state index contributed by atoms with van der Waals surface area (Å²) < 4.78 is 49.4. The van der Waals surface area contributed by atoms with Crippen LogP contribution >= 0.6 is 11.6 Å². The first-order valence-corrected chi connectivity index (χ1v) is 10.3. The lowest BCUT2D eigenvalue weighted by Gasteiger charge is -2.14. The first-order chi connectivity index (χ1) is 16.2. The Hall–Kier alpha value is -3.99. The predicted octanol–water partition coefficient (Wildman–Crippen LogP) is 5.94. The van der Waals surface area contributed by atoms with Gasteiger partial charge in [0.1, 0.15) is 35.2 Å². The summed E-state index contributed by atoms with van der Waals surface area (Å²) in [5.74, 6) is 1.44. The van der Waals surface area contributed by atoms with Crippen LogP contribution in [0.1, 0.15) is 17.5 Å². The Labute approximate surface area is 196 Å². The zero-order valence-electron chi connectivity index (χ0n) is 17.3. The molecule has 0 radical (unpaired) electrons. The van der Waals surface area contributed by atoms with E-state index in [-0.39, 0.29) is 16.5 Å². The molecule has 0 saturated heterocycles. The monoisotopic (exact) mass is 491 g/mol. The van der Waals surface area contributed by atoms with Crippen molar-refractivity contribution in [2.24, 2.45) is 5.73 Å². The van der Waals surface area contributed by atoms with Crippen LogP contribution in [0.5, 0.6) is 11.5 Å². The molecule has 1 aromatic heterocycles. The number of nitrogens with one attached hydrogen (secondary N) is 2. The van der Waals surface area contributed by atoms with Gasteiger partial charge in [-0.05, 0) is 42.5 Å². The molecule has 12 heteroatoms. The number of carbonyl (C=O) groups excluding carboxylic acids is 1. The first-order valence-electron chi connectivity index (χ1n) is 9.87. The first kappa shape index (κ1) is 23.2. The summed E-state index contributed by atoms with van der Waals surface area (Å²) in [6.07, 6.45) is -2.04. The highest BCUT2D eigenvalue weighted by Crippen LogP contribution is 2.36. The van der Waals surface area contributed by atoms with E-state index in [9.17, 15) is 18.0 Å². The summed E-state index contributed by atoms with van der Waals surface area (Å²) in [5.41, 5.74) is 5.36. The number of fused-ring (bicyclic) bond motifs is 1. The maximum atomic E-state index is 12.9. The molecule has 4 rings (SSSR count). The van der Waals surface area contributed by atoms with E-state index in [1.54, 1.807) is 12.1 Å². The van der Waals surface area contributed by atoms with Crippen LogP contribution in [0.2, 0.25) is 5.02 Å². The quantitative estimate of drug-likeness (QED) is 0.405. The Morgan fingerprint density at radius 2 is 2.00 bits per heavy atom. The van der Waals surface area contributed by atoms with E-state index in [0.717, 1.165) is 12.1 Å². The molecular weight excluding hydrogens is 475 g/mol.